The molecule has 0 amide bonds. The second-order valence-corrected chi connectivity index (χ2v) is 10.4. The van der Waals surface area contributed by atoms with Gasteiger partial charge < -0.3 is 15.6 Å². The number of aryl methyl sites for hydroxylation is 1. The summed E-state index contributed by atoms with van der Waals surface area (Å²) in [5.41, 5.74) is 6.12. The highest BCUT2D eigenvalue weighted by molar-refractivity contribution is 7.59. The van der Waals surface area contributed by atoms with Crippen molar-refractivity contribution in [2.75, 3.05) is 11.9 Å². The Morgan fingerprint density at radius 3 is 2.77 bits per heavy atom. The van der Waals surface area contributed by atoms with E-state index in [1.807, 2.05) is 6.20 Å². The van der Waals surface area contributed by atoms with Crippen molar-refractivity contribution in [2.24, 2.45) is 5.92 Å². The van der Waals surface area contributed by atoms with Crippen LogP contribution in [-0.4, -0.2) is 42.1 Å². The molecule has 0 bridgehead atoms. The molecule has 0 spiro atoms. The zero-order valence-corrected chi connectivity index (χ0v) is 23.7. The van der Waals surface area contributed by atoms with Crippen molar-refractivity contribution >= 4 is 49.5 Å². The SMILES string of the molecule is CC(NCC1CC1)c1cnn2c(NC3CCc4[nH]c5ccccc5c4C3)nc(-c3cncc(F)c3)nc12.S.S. The Kier molecular flexibility index (Phi) is 7.84. The largest absolute Gasteiger partial charge is 0.358 e. The van der Waals surface area contributed by atoms with Crippen molar-refractivity contribution in [1.29, 1.82) is 0 Å². The third kappa shape index (κ3) is 5.35. The number of hydrogen-bond acceptors (Lipinski definition) is 6. The van der Waals surface area contributed by atoms with E-state index in [0.29, 0.717) is 17.3 Å². The van der Waals surface area contributed by atoms with E-state index in [-0.39, 0.29) is 39.1 Å². The predicted molar refractivity (Wildman–Crippen MR) is 162 cm³/mol. The number of benzene rings is 1. The van der Waals surface area contributed by atoms with Gasteiger partial charge in [0, 0.05) is 46.0 Å². The number of fused-ring (bicyclic) bond motifs is 4. The number of nitrogens with zero attached hydrogens (tertiary/aromatic N) is 5. The Labute approximate surface area is 240 Å². The molecule has 5 aromatic rings. The molecule has 2 aliphatic carbocycles. The van der Waals surface area contributed by atoms with Crippen LogP contribution < -0.4 is 10.6 Å². The average Bonchev–Trinajstić information content (AvgIpc) is 3.53. The molecule has 11 heteroatoms. The van der Waals surface area contributed by atoms with Gasteiger partial charge in [0.1, 0.15) is 5.82 Å². The topological polar surface area (TPSA) is 95.8 Å². The molecular weight excluding hydrogens is 531 g/mol. The first-order chi connectivity index (χ1) is 18.1. The molecule has 3 N–H and O–H groups in total. The van der Waals surface area contributed by atoms with Crippen molar-refractivity contribution in [3.63, 3.8) is 0 Å². The number of para-hydroxylation sites is 1. The molecule has 2 unspecified atom stereocenters. The second kappa shape index (κ2) is 11.1. The Morgan fingerprint density at radius 2 is 1.95 bits per heavy atom. The maximum absolute atomic E-state index is 14.0. The maximum Gasteiger partial charge on any atom is 0.228 e. The number of pyridine rings is 1. The Hall–Kier alpha value is -3.15. The molecule has 4 aromatic heterocycles. The first-order valence-corrected chi connectivity index (χ1v) is 13.1. The van der Waals surface area contributed by atoms with Crippen molar-refractivity contribution < 1.29 is 4.39 Å². The molecule has 2 atom stereocenters. The average molecular weight is 565 g/mol. The van der Waals surface area contributed by atoms with Gasteiger partial charge in [0.2, 0.25) is 5.95 Å². The van der Waals surface area contributed by atoms with Gasteiger partial charge in [-0.3, -0.25) is 4.98 Å². The summed E-state index contributed by atoms with van der Waals surface area (Å²) in [7, 11) is 0. The van der Waals surface area contributed by atoms with E-state index in [0.717, 1.165) is 42.9 Å². The first kappa shape index (κ1) is 27.4. The second-order valence-electron chi connectivity index (χ2n) is 10.4. The predicted octanol–water partition coefficient (Wildman–Crippen LogP) is 5.06. The molecular formula is C28H33FN8S2. The van der Waals surface area contributed by atoms with E-state index in [2.05, 4.69) is 56.9 Å². The number of nitrogens with one attached hydrogen (secondary N) is 3. The minimum absolute atomic E-state index is 0. The molecule has 8 nitrogen and oxygen atoms in total. The van der Waals surface area contributed by atoms with Gasteiger partial charge >= 0.3 is 0 Å². The number of hydrogen-bond donors (Lipinski definition) is 3. The Bertz CT molecular complexity index is 1610. The number of rotatable bonds is 7. The van der Waals surface area contributed by atoms with Crippen LogP contribution in [0.4, 0.5) is 10.3 Å². The lowest BCUT2D eigenvalue weighted by Crippen LogP contribution is -2.29. The van der Waals surface area contributed by atoms with Gasteiger partial charge in [0.15, 0.2) is 11.5 Å². The zero-order chi connectivity index (χ0) is 24.9. The normalized spacial score (nSPS) is 17.3. The van der Waals surface area contributed by atoms with Crippen LogP contribution in [0.5, 0.6) is 0 Å². The maximum atomic E-state index is 14.0. The van der Waals surface area contributed by atoms with E-state index in [4.69, 9.17) is 9.97 Å². The Balaban J connectivity index is 0.00000154. The summed E-state index contributed by atoms with van der Waals surface area (Å²) in [6.45, 7) is 3.13. The smallest absolute Gasteiger partial charge is 0.228 e. The molecule has 39 heavy (non-hydrogen) atoms. The highest BCUT2D eigenvalue weighted by Crippen LogP contribution is 2.32. The van der Waals surface area contributed by atoms with Gasteiger partial charge in [0.25, 0.3) is 0 Å². The molecule has 1 saturated carbocycles. The highest BCUT2D eigenvalue weighted by atomic mass is 32.1. The molecule has 4 heterocycles. The summed E-state index contributed by atoms with van der Waals surface area (Å²) >= 11 is 0. The van der Waals surface area contributed by atoms with E-state index in [1.165, 1.54) is 47.3 Å². The molecule has 0 radical (unpaired) electrons. The van der Waals surface area contributed by atoms with Crippen LogP contribution in [0.25, 0.3) is 27.9 Å². The first-order valence-electron chi connectivity index (χ1n) is 13.1. The van der Waals surface area contributed by atoms with E-state index in [9.17, 15) is 4.39 Å². The van der Waals surface area contributed by atoms with Crippen LogP contribution >= 0.6 is 27.0 Å². The molecule has 1 fully saturated rings. The quantitative estimate of drug-likeness (QED) is 0.256. The van der Waals surface area contributed by atoms with E-state index in [1.54, 1.807) is 10.7 Å². The van der Waals surface area contributed by atoms with Gasteiger partial charge in [-0.2, -0.15) is 41.6 Å². The van der Waals surface area contributed by atoms with E-state index < -0.39 is 5.82 Å². The number of halogens is 1. The number of anilines is 1. The summed E-state index contributed by atoms with van der Waals surface area (Å²) in [5.74, 6) is 1.40. The molecule has 204 valence electrons. The number of aromatic nitrogens is 6. The van der Waals surface area contributed by atoms with Crippen LogP contribution in [0, 0.1) is 11.7 Å². The summed E-state index contributed by atoms with van der Waals surface area (Å²) < 4.78 is 15.8. The van der Waals surface area contributed by atoms with E-state index >= 15 is 0 Å². The van der Waals surface area contributed by atoms with Crippen LogP contribution in [0.1, 0.15) is 49.0 Å². The van der Waals surface area contributed by atoms with Crippen molar-refractivity contribution in [3.05, 3.63) is 71.6 Å². The standard InChI is InChI=1S/C28H29FN8.2H2S/c1-16(31-12-17-6-7-17)23-15-32-37-27(23)35-26(18-10-19(29)14-30-13-18)36-28(37)33-20-8-9-25-22(11-20)21-4-2-3-5-24(21)34-25;;/h2-5,10,13-17,20,31,34H,6-9,11-12H2,1H3,(H,33,35,36);2*1H2. The minimum Gasteiger partial charge on any atom is -0.358 e. The Morgan fingerprint density at radius 1 is 1.10 bits per heavy atom. The van der Waals surface area contributed by atoms with Crippen LogP contribution in [0.2, 0.25) is 0 Å². The summed E-state index contributed by atoms with van der Waals surface area (Å²) in [4.78, 5) is 17.2. The van der Waals surface area contributed by atoms with Crippen LogP contribution in [0.15, 0.2) is 48.9 Å². The van der Waals surface area contributed by atoms with Crippen molar-refractivity contribution in [1.82, 2.24) is 34.9 Å². The van der Waals surface area contributed by atoms with Crippen molar-refractivity contribution in [2.45, 2.75) is 51.1 Å². The third-order valence-electron chi connectivity index (χ3n) is 7.66. The molecule has 0 aliphatic heterocycles. The lowest BCUT2D eigenvalue weighted by Gasteiger charge is -2.24. The third-order valence-corrected chi connectivity index (χ3v) is 7.66. The molecule has 0 saturated heterocycles. The highest BCUT2D eigenvalue weighted by Gasteiger charge is 2.26. The van der Waals surface area contributed by atoms with Gasteiger partial charge in [0.05, 0.1) is 12.4 Å². The lowest BCUT2D eigenvalue weighted by atomic mass is 9.91. The van der Waals surface area contributed by atoms with Crippen LogP contribution in [-0.2, 0) is 12.8 Å². The fourth-order valence-electron chi connectivity index (χ4n) is 5.41. The number of H-pyrrole nitrogens is 1. The summed E-state index contributed by atoms with van der Waals surface area (Å²) in [6, 6.07) is 10.2. The minimum atomic E-state index is -0.414. The van der Waals surface area contributed by atoms with Crippen LogP contribution in [0.3, 0.4) is 0 Å². The fraction of sp³-hybridized carbons (Fsp3) is 0.357. The van der Waals surface area contributed by atoms with Gasteiger partial charge in [-0.15, -0.1) is 0 Å². The number of aromatic amines is 1. The summed E-state index contributed by atoms with van der Waals surface area (Å²) in [5, 5.41) is 13.2. The molecule has 2 aliphatic rings. The molecule has 7 rings (SSSR count). The van der Waals surface area contributed by atoms with Gasteiger partial charge in [-0.05, 0) is 69.2 Å². The van der Waals surface area contributed by atoms with Gasteiger partial charge in [-0.25, -0.2) is 9.37 Å². The van der Waals surface area contributed by atoms with Crippen molar-refractivity contribution in [3.8, 4) is 11.4 Å². The lowest BCUT2D eigenvalue weighted by molar-refractivity contribution is 0.550. The fourth-order valence-corrected chi connectivity index (χ4v) is 5.41. The molecule has 1 aromatic carbocycles. The van der Waals surface area contributed by atoms with Gasteiger partial charge in [-0.1, -0.05) is 18.2 Å². The zero-order valence-electron chi connectivity index (χ0n) is 21.7. The summed E-state index contributed by atoms with van der Waals surface area (Å²) in [6.07, 6.45) is 10.1. The monoisotopic (exact) mass is 564 g/mol.